The average Bonchev–Trinajstić information content (AvgIpc) is 3.52. The van der Waals surface area contributed by atoms with Crippen molar-refractivity contribution in [2.75, 3.05) is 0 Å². The molecule has 0 N–H and O–H groups in total. The second-order valence-electron chi connectivity index (χ2n) is 9.32. The van der Waals surface area contributed by atoms with E-state index in [1.165, 1.54) is 24.0 Å². The lowest BCUT2D eigenvalue weighted by Crippen LogP contribution is -2.14. The van der Waals surface area contributed by atoms with E-state index in [0.29, 0.717) is 5.41 Å². The van der Waals surface area contributed by atoms with Crippen LogP contribution in [0.15, 0.2) is 48.5 Å². The normalized spacial score (nSPS) is 13.5. The molecule has 2 aromatic carbocycles. The first-order chi connectivity index (χ1) is 13.1. The maximum absolute atomic E-state index is 8.00. The molecule has 3 rings (SSSR count). The molecule has 0 spiro atoms. The lowest BCUT2D eigenvalue weighted by atomic mass is 9.82. The van der Waals surface area contributed by atoms with Crippen LogP contribution in [-0.4, -0.2) is 6.79 Å². The highest BCUT2D eigenvalue weighted by Gasteiger charge is 2.33. The second kappa shape index (κ2) is 10.5. The third-order valence-electron chi connectivity index (χ3n) is 5.58. The number of carbonyl (C=O) groups is 1. The third-order valence-corrected chi connectivity index (χ3v) is 5.58. The number of ether oxygens (including phenoxy) is 1. The van der Waals surface area contributed by atoms with Gasteiger partial charge in [-0.05, 0) is 72.8 Å². The molecule has 154 valence electrons. The summed E-state index contributed by atoms with van der Waals surface area (Å²) in [5.74, 6) is 2.82. The fourth-order valence-corrected chi connectivity index (χ4v) is 2.87. The molecule has 2 nitrogen and oxygen atoms in total. The number of rotatable bonds is 4. The molecule has 2 aromatic rings. The molecular weight excluding hydrogens is 344 g/mol. The number of benzene rings is 2. The molecule has 0 atom stereocenters. The van der Waals surface area contributed by atoms with Gasteiger partial charge in [0.05, 0.1) is 0 Å². The SMILES string of the molecule is C=O.CC(C)(C)C1CC1.CCC(C)(C)c1ccc(Oc2ccc(C)cc2)cc1. The molecule has 0 bridgehead atoms. The first-order valence-corrected chi connectivity index (χ1v) is 10.3. The van der Waals surface area contributed by atoms with Gasteiger partial charge in [-0.3, -0.25) is 0 Å². The van der Waals surface area contributed by atoms with Crippen molar-refractivity contribution in [3.8, 4) is 11.5 Å². The van der Waals surface area contributed by atoms with E-state index in [0.717, 1.165) is 23.8 Å². The van der Waals surface area contributed by atoms with E-state index < -0.39 is 0 Å². The van der Waals surface area contributed by atoms with Gasteiger partial charge in [0.25, 0.3) is 0 Å². The molecule has 28 heavy (non-hydrogen) atoms. The summed E-state index contributed by atoms with van der Waals surface area (Å²) in [4.78, 5) is 8.00. The Kier molecular flexibility index (Phi) is 8.94. The Labute approximate surface area is 172 Å². The summed E-state index contributed by atoms with van der Waals surface area (Å²) >= 11 is 0. The summed E-state index contributed by atoms with van der Waals surface area (Å²) in [6, 6.07) is 16.5. The molecule has 0 aromatic heterocycles. The van der Waals surface area contributed by atoms with E-state index in [4.69, 9.17) is 9.53 Å². The number of carbonyl (C=O) groups excluding carboxylic acids is 1. The van der Waals surface area contributed by atoms with E-state index in [1.807, 2.05) is 31.1 Å². The van der Waals surface area contributed by atoms with Crippen LogP contribution in [0, 0.1) is 18.3 Å². The average molecular weight is 383 g/mol. The second-order valence-corrected chi connectivity index (χ2v) is 9.32. The monoisotopic (exact) mass is 382 g/mol. The minimum Gasteiger partial charge on any atom is -0.457 e. The summed E-state index contributed by atoms with van der Waals surface area (Å²) in [7, 11) is 0. The van der Waals surface area contributed by atoms with Crippen molar-refractivity contribution in [3.05, 3.63) is 59.7 Å². The first kappa shape index (κ1) is 23.9. The molecule has 0 aliphatic heterocycles. The first-order valence-electron chi connectivity index (χ1n) is 10.3. The van der Waals surface area contributed by atoms with E-state index in [2.05, 4.69) is 72.7 Å². The van der Waals surface area contributed by atoms with Crippen LogP contribution in [0.3, 0.4) is 0 Å². The standard InChI is InChI=1S/C18H22O.C7H14.CH2O/c1-5-18(3,4)15-8-12-17(13-9-15)19-16-10-6-14(2)7-11-16;1-7(2,3)6-4-5-6;1-2/h6-13H,5H2,1-4H3;6H,4-5H2,1-3H3;1H2. The van der Waals surface area contributed by atoms with Crippen molar-refractivity contribution in [1.82, 2.24) is 0 Å². The van der Waals surface area contributed by atoms with Crippen LogP contribution in [0.5, 0.6) is 11.5 Å². The van der Waals surface area contributed by atoms with Gasteiger partial charge >= 0.3 is 0 Å². The molecule has 0 unspecified atom stereocenters. The molecule has 2 heteroatoms. The highest BCUT2D eigenvalue weighted by Crippen LogP contribution is 2.44. The van der Waals surface area contributed by atoms with Crippen LogP contribution < -0.4 is 4.74 Å². The summed E-state index contributed by atoms with van der Waals surface area (Å²) in [5.41, 5.74) is 3.43. The molecule has 1 aliphatic rings. The van der Waals surface area contributed by atoms with Crippen LogP contribution in [0.25, 0.3) is 0 Å². The third kappa shape index (κ3) is 7.88. The maximum atomic E-state index is 8.00. The quantitative estimate of drug-likeness (QED) is 0.540. The van der Waals surface area contributed by atoms with Crippen molar-refractivity contribution in [3.63, 3.8) is 0 Å². The zero-order valence-corrected chi connectivity index (χ0v) is 18.8. The fraction of sp³-hybridized carbons (Fsp3) is 0.500. The minimum atomic E-state index is 0.225. The molecule has 0 amide bonds. The van der Waals surface area contributed by atoms with Crippen molar-refractivity contribution in [2.45, 2.75) is 73.1 Å². The van der Waals surface area contributed by atoms with Gasteiger partial charge in [-0.1, -0.05) is 71.4 Å². The summed E-state index contributed by atoms with van der Waals surface area (Å²) in [6.07, 6.45) is 4.08. The molecule has 0 saturated heterocycles. The number of hydrogen-bond acceptors (Lipinski definition) is 2. The minimum absolute atomic E-state index is 0.225. The summed E-state index contributed by atoms with van der Waals surface area (Å²) < 4.78 is 5.83. The lowest BCUT2D eigenvalue weighted by Gasteiger charge is -2.23. The van der Waals surface area contributed by atoms with Crippen LogP contribution in [0.4, 0.5) is 0 Å². The van der Waals surface area contributed by atoms with Gasteiger partial charge in [-0.15, -0.1) is 0 Å². The van der Waals surface area contributed by atoms with Gasteiger partial charge in [-0.2, -0.15) is 0 Å². The zero-order chi connectivity index (χ0) is 21.4. The lowest BCUT2D eigenvalue weighted by molar-refractivity contribution is -0.0979. The number of hydrogen-bond donors (Lipinski definition) is 0. The van der Waals surface area contributed by atoms with E-state index in [1.54, 1.807) is 0 Å². The van der Waals surface area contributed by atoms with Crippen molar-refractivity contribution in [1.29, 1.82) is 0 Å². The van der Waals surface area contributed by atoms with Gasteiger partial charge in [-0.25, -0.2) is 0 Å². The van der Waals surface area contributed by atoms with Crippen molar-refractivity contribution in [2.24, 2.45) is 11.3 Å². The molecular formula is C26H38O2. The molecule has 1 aliphatic carbocycles. The Morgan fingerprint density at radius 1 is 0.857 bits per heavy atom. The van der Waals surface area contributed by atoms with Crippen LogP contribution in [0.2, 0.25) is 0 Å². The Balaban J connectivity index is 0.000000363. The Hall–Kier alpha value is -2.09. The van der Waals surface area contributed by atoms with Gasteiger partial charge < -0.3 is 9.53 Å². The van der Waals surface area contributed by atoms with E-state index >= 15 is 0 Å². The molecule has 0 heterocycles. The van der Waals surface area contributed by atoms with Crippen molar-refractivity contribution >= 4 is 6.79 Å². The zero-order valence-electron chi connectivity index (χ0n) is 18.8. The summed E-state index contributed by atoms with van der Waals surface area (Å²) in [6.45, 7) is 17.8. The van der Waals surface area contributed by atoms with Gasteiger partial charge in [0.2, 0.25) is 0 Å². The van der Waals surface area contributed by atoms with E-state index in [-0.39, 0.29) is 5.41 Å². The predicted molar refractivity (Wildman–Crippen MR) is 120 cm³/mol. The fourth-order valence-electron chi connectivity index (χ4n) is 2.87. The molecule has 0 radical (unpaired) electrons. The van der Waals surface area contributed by atoms with Crippen LogP contribution in [0.1, 0.15) is 71.9 Å². The Morgan fingerprint density at radius 3 is 1.61 bits per heavy atom. The van der Waals surface area contributed by atoms with Gasteiger partial charge in [0.1, 0.15) is 18.3 Å². The predicted octanol–water partition coefficient (Wildman–Crippen LogP) is 7.73. The largest absolute Gasteiger partial charge is 0.457 e. The number of aryl methyl sites for hydroxylation is 1. The summed E-state index contributed by atoms with van der Waals surface area (Å²) in [5, 5.41) is 0. The Bertz CT molecular complexity index is 687. The highest BCUT2D eigenvalue weighted by atomic mass is 16.5. The van der Waals surface area contributed by atoms with E-state index in [9.17, 15) is 0 Å². The van der Waals surface area contributed by atoms with Crippen LogP contribution >= 0.6 is 0 Å². The van der Waals surface area contributed by atoms with Gasteiger partial charge in [0, 0.05) is 0 Å². The Morgan fingerprint density at radius 2 is 1.29 bits per heavy atom. The smallest absolute Gasteiger partial charge is 0.127 e. The molecule has 1 fully saturated rings. The maximum Gasteiger partial charge on any atom is 0.127 e. The molecule has 1 saturated carbocycles. The topological polar surface area (TPSA) is 26.3 Å². The highest BCUT2D eigenvalue weighted by molar-refractivity contribution is 5.36. The van der Waals surface area contributed by atoms with Gasteiger partial charge in [0.15, 0.2) is 0 Å². The van der Waals surface area contributed by atoms with Crippen molar-refractivity contribution < 1.29 is 9.53 Å². The van der Waals surface area contributed by atoms with Crippen LogP contribution in [-0.2, 0) is 10.2 Å².